The van der Waals surface area contributed by atoms with Crippen molar-refractivity contribution in [1.29, 1.82) is 0 Å². The highest BCUT2D eigenvalue weighted by atomic mass is 35.5. The molecule has 3 N–H and O–H groups in total. The minimum absolute atomic E-state index is 0.103. The molecule has 32 heavy (non-hydrogen) atoms. The number of nitrogens with zero attached hydrogens (tertiary/aromatic N) is 1. The third kappa shape index (κ3) is 4.60. The summed E-state index contributed by atoms with van der Waals surface area (Å²) in [5.74, 6) is -1.14. The van der Waals surface area contributed by atoms with E-state index in [1.165, 1.54) is 4.90 Å². The van der Waals surface area contributed by atoms with Crippen LogP contribution in [0.4, 0.5) is 5.69 Å². The number of fused-ring (bicyclic) bond motifs is 1. The van der Waals surface area contributed by atoms with E-state index in [-0.39, 0.29) is 30.7 Å². The Morgan fingerprint density at radius 3 is 2.75 bits per heavy atom. The third-order valence-electron chi connectivity index (χ3n) is 5.70. The molecule has 2 heterocycles. The first-order valence-corrected chi connectivity index (χ1v) is 10.7. The molecule has 0 spiro atoms. The second-order valence-electron chi connectivity index (χ2n) is 7.99. The monoisotopic (exact) mass is 454 g/mol. The Morgan fingerprint density at radius 1 is 1.19 bits per heavy atom. The van der Waals surface area contributed by atoms with Crippen LogP contribution < -0.4 is 16.0 Å². The predicted octanol–water partition coefficient (Wildman–Crippen LogP) is 2.14. The van der Waals surface area contributed by atoms with Gasteiger partial charge in [-0.3, -0.25) is 24.5 Å². The first kappa shape index (κ1) is 21.8. The number of amides is 4. The summed E-state index contributed by atoms with van der Waals surface area (Å²) in [7, 11) is 0. The molecule has 1 unspecified atom stereocenters. The molecule has 0 bridgehead atoms. The predicted molar refractivity (Wildman–Crippen MR) is 119 cm³/mol. The molecule has 9 heteroatoms. The van der Waals surface area contributed by atoms with Gasteiger partial charge in [-0.05, 0) is 48.2 Å². The molecule has 8 nitrogen and oxygen atoms in total. The van der Waals surface area contributed by atoms with Crippen molar-refractivity contribution in [2.45, 2.75) is 38.9 Å². The van der Waals surface area contributed by atoms with E-state index in [1.807, 2.05) is 25.1 Å². The van der Waals surface area contributed by atoms with Crippen LogP contribution in [0.1, 0.15) is 39.9 Å². The first-order valence-electron chi connectivity index (χ1n) is 10.3. The van der Waals surface area contributed by atoms with E-state index >= 15 is 0 Å². The van der Waals surface area contributed by atoms with Gasteiger partial charge < -0.3 is 15.5 Å². The summed E-state index contributed by atoms with van der Waals surface area (Å²) < 4.78 is 0. The lowest BCUT2D eigenvalue weighted by atomic mass is 10.0. The average Bonchev–Trinajstić information content (AvgIpc) is 3.08. The molecule has 4 amide bonds. The molecule has 2 aromatic carbocycles. The van der Waals surface area contributed by atoms with Crippen LogP contribution in [-0.2, 0) is 27.5 Å². The van der Waals surface area contributed by atoms with Crippen LogP contribution in [0.2, 0.25) is 5.02 Å². The van der Waals surface area contributed by atoms with Gasteiger partial charge in [0.05, 0.1) is 6.54 Å². The number of carbonyl (C=O) groups excluding carboxylic acids is 4. The number of hydrogen-bond donors (Lipinski definition) is 3. The molecule has 0 aromatic heterocycles. The van der Waals surface area contributed by atoms with Crippen molar-refractivity contribution in [1.82, 2.24) is 15.5 Å². The summed E-state index contributed by atoms with van der Waals surface area (Å²) in [4.78, 5) is 50.0. The largest absolute Gasteiger partial charge is 0.376 e. The van der Waals surface area contributed by atoms with E-state index in [2.05, 4.69) is 16.0 Å². The summed E-state index contributed by atoms with van der Waals surface area (Å²) in [6, 6.07) is 10.3. The molecule has 1 atom stereocenters. The fourth-order valence-electron chi connectivity index (χ4n) is 3.89. The zero-order chi connectivity index (χ0) is 22.8. The molecule has 0 radical (unpaired) electrons. The highest BCUT2D eigenvalue weighted by molar-refractivity contribution is 6.31. The first-order chi connectivity index (χ1) is 15.3. The summed E-state index contributed by atoms with van der Waals surface area (Å²) in [6.45, 7) is 2.63. The maximum absolute atomic E-state index is 12.7. The number of anilines is 1. The van der Waals surface area contributed by atoms with Crippen molar-refractivity contribution in [2.24, 2.45) is 0 Å². The van der Waals surface area contributed by atoms with Crippen LogP contribution in [0.3, 0.4) is 0 Å². The van der Waals surface area contributed by atoms with Gasteiger partial charge in [0.2, 0.25) is 17.7 Å². The molecule has 2 aliphatic heterocycles. The lowest BCUT2D eigenvalue weighted by Gasteiger charge is -2.29. The van der Waals surface area contributed by atoms with Crippen LogP contribution in [-0.4, -0.2) is 41.1 Å². The van der Waals surface area contributed by atoms with Crippen LogP contribution in [0.25, 0.3) is 0 Å². The van der Waals surface area contributed by atoms with E-state index in [9.17, 15) is 19.2 Å². The van der Waals surface area contributed by atoms with Crippen LogP contribution >= 0.6 is 11.6 Å². The number of hydrogen-bond acceptors (Lipinski definition) is 5. The Hall–Kier alpha value is -3.39. The number of benzene rings is 2. The summed E-state index contributed by atoms with van der Waals surface area (Å²) >= 11 is 6.10. The van der Waals surface area contributed by atoms with E-state index < -0.39 is 11.9 Å². The number of carbonyl (C=O) groups is 4. The Kier molecular flexibility index (Phi) is 6.14. The van der Waals surface area contributed by atoms with Gasteiger partial charge >= 0.3 is 0 Å². The van der Waals surface area contributed by atoms with Gasteiger partial charge in [-0.25, -0.2) is 0 Å². The number of aryl methyl sites for hydroxylation is 1. The van der Waals surface area contributed by atoms with Gasteiger partial charge in [-0.1, -0.05) is 29.8 Å². The SMILES string of the molecule is Cc1ccc(NCC(=O)NCc2ccc3c(c2)CN(C2CCC(=O)NC2=O)C3=O)cc1Cl. The maximum atomic E-state index is 12.7. The molecule has 1 saturated heterocycles. The molecular weight excluding hydrogens is 432 g/mol. The van der Waals surface area contributed by atoms with E-state index in [4.69, 9.17) is 11.6 Å². The van der Waals surface area contributed by atoms with Gasteiger partial charge in [0.15, 0.2) is 0 Å². The number of imide groups is 1. The number of rotatable bonds is 6. The highest BCUT2D eigenvalue weighted by Gasteiger charge is 2.39. The second-order valence-corrected chi connectivity index (χ2v) is 8.39. The molecule has 0 saturated carbocycles. The maximum Gasteiger partial charge on any atom is 0.255 e. The second kappa shape index (κ2) is 9.00. The Bertz CT molecular complexity index is 1120. The zero-order valence-corrected chi connectivity index (χ0v) is 18.3. The highest BCUT2D eigenvalue weighted by Crippen LogP contribution is 2.28. The summed E-state index contributed by atoms with van der Waals surface area (Å²) in [6.07, 6.45) is 0.545. The Labute approximate surface area is 190 Å². The smallest absolute Gasteiger partial charge is 0.255 e. The molecule has 1 fully saturated rings. The lowest BCUT2D eigenvalue weighted by Crippen LogP contribution is -2.52. The minimum atomic E-state index is -0.642. The Morgan fingerprint density at radius 2 is 2.00 bits per heavy atom. The van der Waals surface area contributed by atoms with Gasteiger partial charge in [0.1, 0.15) is 6.04 Å². The van der Waals surface area contributed by atoms with Crippen molar-refractivity contribution < 1.29 is 19.2 Å². The van der Waals surface area contributed by atoms with E-state index in [1.54, 1.807) is 18.2 Å². The zero-order valence-electron chi connectivity index (χ0n) is 17.5. The quantitative estimate of drug-likeness (QED) is 0.579. The standard InChI is InChI=1S/C23H23ClN4O4/c1-13-2-4-16(9-18(13)24)25-11-21(30)26-10-14-3-5-17-15(8-14)12-28(23(17)32)19-6-7-20(29)27-22(19)31/h2-5,8-9,19,25H,6-7,10-12H2,1H3,(H,26,30)(H,27,29,31). The van der Waals surface area contributed by atoms with E-state index in [0.717, 1.165) is 22.4 Å². The number of nitrogens with one attached hydrogen (secondary N) is 3. The van der Waals surface area contributed by atoms with Gasteiger partial charge in [-0.2, -0.15) is 0 Å². The average molecular weight is 455 g/mol. The molecule has 0 aliphatic carbocycles. The Balaban J connectivity index is 1.33. The van der Waals surface area contributed by atoms with Crippen molar-refractivity contribution in [3.05, 3.63) is 63.7 Å². The minimum Gasteiger partial charge on any atom is -0.376 e. The van der Waals surface area contributed by atoms with Crippen molar-refractivity contribution in [3.8, 4) is 0 Å². The third-order valence-corrected chi connectivity index (χ3v) is 6.11. The number of halogens is 1. The van der Waals surface area contributed by atoms with E-state index in [0.29, 0.717) is 30.1 Å². The number of piperidine rings is 1. The lowest BCUT2D eigenvalue weighted by molar-refractivity contribution is -0.137. The van der Waals surface area contributed by atoms with Crippen LogP contribution in [0, 0.1) is 6.92 Å². The van der Waals surface area contributed by atoms with Crippen molar-refractivity contribution in [3.63, 3.8) is 0 Å². The van der Waals surface area contributed by atoms with Crippen molar-refractivity contribution in [2.75, 3.05) is 11.9 Å². The van der Waals surface area contributed by atoms with Crippen LogP contribution in [0.15, 0.2) is 36.4 Å². The fraction of sp³-hybridized carbons (Fsp3) is 0.304. The molecular formula is C23H23ClN4O4. The molecule has 2 aliphatic rings. The topological polar surface area (TPSA) is 108 Å². The summed E-state index contributed by atoms with van der Waals surface area (Å²) in [5, 5.41) is 8.81. The van der Waals surface area contributed by atoms with Crippen LogP contribution in [0.5, 0.6) is 0 Å². The molecule has 166 valence electrons. The van der Waals surface area contributed by atoms with Gasteiger partial charge in [0.25, 0.3) is 5.91 Å². The molecule has 2 aromatic rings. The molecule has 4 rings (SSSR count). The van der Waals surface area contributed by atoms with Gasteiger partial charge in [0, 0.05) is 35.8 Å². The van der Waals surface area contributed by atoms with Gasteiger partial charge in [-0.15, -0.1) is 0 Å². The van der Waals surface area contributed by atoms with Crippen molar-refractivity contribution >= 4 is 40.9 Å². The fourth-order valence-corrected chi connectivity index (χ4v) is 4.07. The summed E-state index contributed by atoms with van der Waals surface area (Å²) in [5.41, 5.74) is 3.93. The normalized spacial score (nSPS) is 17.8.